The van der Waals surface area contributed by atoms with Gasteiger partial charge in [-0.1, -0.05) is 19.1 Å². The summed E-state index contributed by atoms with van der Waals surface area (Å²) in [5.41, 5.74) is 2.58. The summed E-state index contributed by atoms with van der Waals surface area (Å²) in [5.74, 6) is 0.582. The van der Waals surface area contributed by atoms with Gasteiger partial charge in [0.1, 0.15) is 12.4 Å². The minimum Gasteiger partial charge on any atom is -0.492 e. The van der Waals surface area contributed by atoms with Crippen molar-refractivity contribution in [2.75, 3.05) is 18.5 Å². The van der Waals surface area contributed by atoms with Crippen LogP contribution < -0.4 is 14.8 Å². The summed E-state index contributed by atoms with van der Waals surface area (Å²) < 4.78 is 32.7. The lowest BCUT2D eigenvalue weighted by Gasteiger charge is -2.10. The quantitative estimate of drug-likeness (QED) is 0.741. The van der Waals surface area contributed by atoms with Gasteiger partial charge in [-0.3, -0.25) is 4.79 Å². The van der Waals surface area contributed by atoms with Gasteiger partial charge in [-0.05, 0) is 47.9 Å². The highest BCUT2D eigenvalue weighted by Gasteiger charge is 2.21. The molecule has 0 aromatic heterocycles. The fraction of sp³-hybridized carbons (Fsp3) is 0.278. The fourth-order valence-corrected chi connectivity index (χ4v) is 3.69. The number of fused-ring (bicyclic) bond motifs is 1. The molecule has 1 aliphatic rings. The van der Waals surface area contributed by atoms with Gasteiger partial charge in [0.05, 0.1) is 11.3 Å². The van der Waals surface area contributed by atoms with Crippen LogP contribution in [0.4, 0.5) is 5.69 Å². The third kappa shape index (κ3) is 4.18. The molecule has 1 aliphatic heterocycles. The predicted octanol–water partition coefficient (Wildman–Crippen LogP) is 2.10. The van der Waals surface area contributed by atoms with Crippen molar-refractivity contribution in [2.24, 2.45) is 0 Å². The van der Waals surface area contributed by atoms with Crippen molar-refractivity contribution in [2.45, 2.75) is 24.7 Å². The van der Waals surface area contributed by atoms with Crippen LogP contribution in [0.15, 0.2) is 47.4 Å². The Hall–Kier alpha value is -2.38. The fourth-order valence-electron chi connectivity index (χ4n) is 2.62. The van der Waals surface area contributed by atoms with E-state index in [1.807, 2.05) is 24.3 Å². The van der Waals surface area contributed by atoms with Gasteiger partial charge < -0.3 is 10.1 Å². The zero-order chi connectivity index (χ0) is 17.9. The molecule has 0 saturated carbocycles. The van der Waals surface area contributed by atoms with E-state index < -0.39 is 10.0 Å². The Balaban J connectivity index is 1.55. The molecule has 6 nitrogen and oxygen atoms in total. The van der Waals surface area contributed by atoms with Gasteiger partial charge in [-0.25, -0.2) is 13.1 Å². The summed E-state index contributed by atoms with van der Waals surface area (Å²) in [4.78, 5) is 11.5. The highest BCUT2D eigenvalue weighted by molar-refractivity contribution is 7.89. The van der Waals surface area contributed by atoms with Crippen LogP contribution >= 0.6 is 0 Å². The van der Waals surface area contributed by atoms with Gasteiger partial charge in [-0.15, -0.1) is 0 Å². The van der Waals surface area contributed by atoms with Gasteiger partial charge in [0.2, 0.25) is 15.9 Å². The zero-order valence-corrected chi connectivity index (χ0v) is 14.7. The number of carbonyl (C=O) groups is 1. The Labute approximate surface area is 147 Å². The second-order valence-corrected chi connectivity index (χ2v) is 7.55. The Morgan fingerprint density at radius 3 is 2.64 bits per heavy atom. The number of sulfonamides is 1. The molecule has 132 valence electrons. The first kappa shape index (κ1) is 17.4. The summed E-state index contributed by atoms with van der Waals surface area (Å²) >= 11 is 0. The number of anilines is 1. The van der Waals surface area contributed by atoms with E-state index in [1.54, 1.807) is 6.07 Å². The molecule has 0 bridgehead atoms. The van der Waals surface area contributed by atoms with Crippen LogP contribution in [0, 0.1) is 0 Å². The molecule has 3 rings (SSSR count). The molecule has 0 fully saturated rings. The molecule has 0 atom stereocenters. The number of aryl methyl sites for hydroxylation is 1. The van der Waals surface area contributed by atoms with E-state index in [1.165, 1.54) is 17.7 Å². The molecular weight excluding hydrogens is 340 g/mol. The minimum absolute atomic E-state index is 0.125. The molecule has 1 heterocycles. The maximum Gasteiger partial charge on any atom is 0.240 e. The molecule has 2 aromatic carbocycles. The highest BCUT2D eigenvalue weighted by atomic mass is 32.2. The summed E-state index contributed by atoms with van der Waals surface area (Å²) in [5, 5.41) is 2.68. The van der Waals surface area contributed by atoms with E-state index >= 15 is 0 Å². The van der Waals surface area contributed by atoms with Crippen LogP contribution in [0.2, 0.25) is 0 Å². The van der Waals surface area contributed by atoms with Crippen molar-refractivity contribution in [3.8, 4) is 5.75 Å². The second-order valence-electron chi connectivity index (χ2n) is 5.79. The van der Waals surface area contributed by atoms with Crippen LogP contribution in [0.25, 0.3) is 0 Å². The van der Waals surface area contributed by atoms with E-state index in [2.05, 4.69) is 17.0 Å². The van der Waals surface area contributed by atoms with Gasteiger partial charge in [0.15, 0.2) is 0 Å². The lowest BCUT2D eigenvalue weighted by molar-refractivity contribution is -0.115. The summed E-state index contributed by atoms with van der Waals surface area (Å²) in [7, 11) is -3.63. The number of hydrogen-bond donors (Lipinski definition) is 2. The van der Waals surface area contributed by atoms with Crippen molar-refractivity contribution in [3.05, 3.63) is 53.6 Å². The van der Waals surface area contributed by atoms with Crippen LogP contribution in [-0.2, 0) is 27.7 Å². The van der Waals surface area contributed by atoms with Crippen molar-refractivity contribution < 1.29 is 17.9 Å². The molecule has 1 amide bonds. The third-order valence-corrected chi connectivity index (χ3v) is 5.47. The maximum absolute atomic E-state index is 12.3. The smallest absolute Gasteiger partial charge is 0.240 e. The van der Waals surface area contributed by atoms with Crippen molar-refractivity contribution in [3.63, 3.8) is 0 Å². The predicted molar refractivity (Wildman–Crippen MR) is 95.3 cm³/mol. The number of nitrogens with one attached hydrogen (secondary N) is 2. The second kappa shape index (κ2) is 7.25. The molecule has 25 heavy (non-hydrogen) atoms. The molecule has 0 spiro atoms. The van der Waals surface area contributed by atoms with Crippen LogP contribution in [-0.4, -0.2) is 27.5 Å². The van der Waals surface area contributed by atoms with Crippen LogP contribution in [0.1, 0.15) is 18.1 Å². The molecular formula is C18H20N2O4S. The number of amides is 1. The first-order valence-corrected chi connectivity index (χ1v) is 9.60. The molecule has 0 saturated heterocycles. The Bertz CT molecular complexity index is 876. The summed E-state index contributed by atoms with van der Waals surface area (Å²) in [6.45, 7) is 2.47. The van der Waals surface area contributed by atoms with E-state index in [0.29, 0.717) is 17.0 Å². The number of benzene rings is 2. The monoisotopic (exact) mass is 360 g/mol. The van der Waals surface area contributed by atoms with E-state index in [0.717, 1.165) is 6.42 Å². The Kier molecular flexibility index (Phi) is 5.06. The maximum atomic E-state index is 12.3. The lowest BCUT2D eigenvalue weighted by atomic mass is 10.2. The SMILES string of the molecule is CCc1ccc(OCCNS(=O)(=O)c2ccc3c(c2)CC(=O)N3)cc1. The first-order valence-electron chi connectivity index (χ1n) is 8.12. The van der Waals surface area contributed by atoms with Crippen molar-refractivity contribution in [1.29, 1.82) is 0 Å². The normalized spacial score (nSPS) is 13.4. The average Bonchev–Trinajstić information content (AvgIpc) is 2.98. The first-order chi connectivity index (χ1) is 12.0. The topological polar surface area (TPSA) is 84.5 Å². The van der Waals surface area contributed by atoms with Gasteiger partial charge in [0.25, 0.3) is 0 Å². The largest absolute Gasteiger partial charge is 0.492 e. The van der Waals surface area contributed by atoms with Crippen LogP contribution in [0.3, 0.4) is 0 Å². The van der Waals surface area contributed by atoms with Gasteiger partial charge in [-0.2, -0.15) is 0 Å². The van der Waals surface area contributed by atoms with Crippen LogP contribution in [0.5, 0.6) is 5.75 Å². The van der Waals surface area contributed by atoms with E-state index in [-0.39, 0.29) is 30.4 Å². The summed E-state index contributed by atoms with van der Waals surface area (Å²) in [6.07, 6.45) is 1.16. The van der Waals surface area contributed by atoms with Crippen molar-refractivity contribution >= 4 is 21.6 Å². The van der Waals surface area contributed by atoms with Crippen molar-refractivity contribution in [1.82, 2.24) is 4.72 Å². The number of ether oxygens (including phenoxy) is 1. The molecule has 2 N–H and O–H groups in total. The standard InChI is InChI=1S/C18H20N2O4S/c1-2-13-3-5-15(6-4-13)24-10-9-19-25(22,23)16-7-8-17-14(11-16)12-18(21)20-17/h3-8,11,19H,2,9-10,12H2,1H3,(H,20,21). The van der Waals surface area contributed by atoms with E-state index in [9.17, 15) is 13.2 Å². The molecule has 0 radical (unpaired) electrons. The molecule has 7 heteroatoms. The number of carbonyl (C=O) groups excluding carboxylic acids is 1. The average molecular weight is 360 g/mol. The number of rotatable bonds is 7. The lowest BCUT2D eigenvalue weighted by Crippen LogP contribution is -2.28. The van der Waals surface area contributed by atoms with Gasteiger partial charge >= 0.3 is 0 Å². The zero-order valence-electron chi connectivity index (χ0n) is 13.9. The Morgan fingerprint density at radius 1 is 1.16 bits per heavy atom. The minimum atomic E-state index is -3.63. The van der Waals surface area contributed by atoms with Gasteiger partial charge in [0, 0.05) is 12.2 Å². The Morgan fingerprint density at radius 2 is 1.92 bits per heavy atom. The highest BCUT2D eigenvalue weighted by Crippen LogP contribution is 2.25. The molecule has 0 aliphatic carbocycles. The third-order valence-electron chi connectivity index (χ3n) is 4.01. The molecule has 0 unspecified atom stereocenters. The summed E-state index contributed by atoms with van der Waals surface area (Å²) in [6, 6.07) is 12.3. The van der Waals surface area contributed by atoms with E-state index in [4.69, 9.17) is 4.74 Å². The number of hydrogen-bond acceptors (Lipinski definition) is 4. The molecule has 2 aromatic rings.